The minimum Gasteiger partial charge on any atom is -0.454 e. The summed E-state index contributed by atoms with van der Waals surface area (Å²) in [5.41, 5.74) is 5.28. The average molecular weight is 566 g/mol. The van der Waals surface area contributed by atoms with Crippen LogP contribution in [0.25, 0.3) is 34.2 Å². The molecule has 4 heterocycles. The molecule has 208 valence electrons. The SMILES string of the molecule is O=C(c1cc(C=Cc2ccc(Cl)cc2)nc2ccc(-c3ccc4c(c3)OCO4)cc12)N1CCC[C@H]1CN1CCCC1. The van der Waals surface area contributed by atoms with Crippen LogP contribution in [0.3, 0.4) is 0 Å². The van der Waals surface area contributed by atoms with Gasteiger partial charge in [-0.3, -0.25) is 4.79 Å². The first-order valence-electron chi connectivity index (χ1n) is 14.4. The molecule has 0 bridgehead atoms. The van der Waals surface area contributed by atoms with Crippen molar-refractivity contribution in [1.29, 1.82) is 0 Å². The van der Waals surface area contributed by atoms with Gasteiger partial charge in [-0.05, 0) is 104 Å². The van der Waals surface area contributed by atoms with Crippen molar-refractivity contribution in [3.05, 3.63) is 88.6 Å². The number of rotatable bonds is 6. The number of aromatic nitrogens is 1. The predicted molar refractivity (Wildman–Crippen MR) is 163 cm³/mol. The van der Waals surface area contributed by atoms with Gasteiger partial charge in [0.1, 0.15) is 0 Å². The lowest BCUT2D eigenvalue weighted by Crippen LogP contribution is -2.42. The Morgan fingerprint density at radius 3 is 2.51 bits per heavy atom. The zero-order valence-electron chi connectivity index (χ0n) is 22.9. The molecule has 3 aliphatic heterocycles. The van der Waals surface area contributed by atoms with Crippen LogP contribution in [0.5, 0.6) is 11.5 Å². The number of pyridine rings is 1. The molecule has 0 radical (unpaired) electrons. The third-order valence-corrected chi connectivity index (χ3v) is 8.64. The largest absolute Gasteiger partial charge is 0.454 e. The summed E-state index contributed by atoms with van der Waals surface area (Å²) in [6.45, 7) is 4.25. The normalized spacial score (nSPS) is 18.7. The molecule has 41 heavy (non-hydrogen) atoms. The molecular formula is C34H32ClN3O3. The Balaban J connectivity index is 1.28. The number of fused-ring (bicyclic) bond motifs is 2. The quantitative estimate of drug-likeness (QED) is 0.248. The molecule has 2 fully saturated rings. The van der Waals surface area contributed by atoms with E-state index in [4.69, 9.17) is 26.1 Å². The second-order valence-corrected chi connectivity index (χ2v) is 11.5. The molecule has 6 nitrogen and oxygen atoms in total. The molecule has 0 aliphatic carbocycles. The topological polar surface area (TPSA) is 54.9 Å². The fourth-order valence-electron chi connectivity index (χ4n) is 6.23. The van der Waals surface area contributed by atoms with E-state index in [0.29, 0.717) is 10.6 Å². The average Bonchev–Trinajstić information content (AvgIpc) is 3.78. The van der Waals surface area contributed by atoms with Gasteiger partial charge in [0.15, 0.2) is 11.5 Å². The van der Waals surface area contributed by atoms with Crippen LogP contribution in [-0.4, -0.2) is 59.7 Å². The molecule has 7 heteroatoms. The lowest BCUT2D eigenvalue weighted by atomic mass is 9.99. The number of ether oxygens (including phenoxy) is 2. The molecule has 3 aromatic carbocycles. The lowest BCUT2D eigenvalue weighted by molar-refractivity contribution is 0.0710. The Morgan fingerprint density at radius 1 is 0.878 bits per heavy atom. The fraction of sp³-hybridized carbons (Fsp3) is 0.294. The van der Waals surface area contributed by atoms with Crippen molar-refractivity contribution in [1.82, 2.24) is 14.8 Å². The summed E-state index contributed by atoms with van der Waals surface area (Å²) in [7, 11) is 0. The van der Waals surface area contributed by atoms with E-state index in [0.717, 1.165) is 83.8 Å². The lowest BCUT2D eigenvalue weighted by Gasteiger charge is -2.29. The predicted octanol–water partition coefficient (Wildman–Crippen LogP) is 7.15. The molecule has 0 unspecified atom stereocenters. The third kappa shape index (κ3) is 5.42. The van der Waals surface area contributed by atoms with E-state index in [-0.39, 0.29) is 18.7 Å². The zero-order chi connectivity index (χ0) is 27.8. The number of carbonyl (C=O) groups is 1. The van der Waals surface area contributed by atoms with Crippen molar-refractivity contribution in [2.75, 3.05) is 33.0 Å². The van der Waals surface area contributed by atoms with Crippen LogP contribution < -0.4 is 9.47 Å². The highest BCUT2D eigenvalue weighted by atomic mass is 35.5. The summed E-state index contributed by atoms with van der Waals surface area (Å²) in [4.78, 5) is 23.9. The van der Waals surface area contributed by atoms with Crippen LogP contribution in [0.15, 0.2) is 66.7 Å². The van der Waals surface area contributed by atoms with Crippen molar-refractivity contribution in [2.45, 2.75) is 31.7 Å². The number of nitrogens with zero attached hydrogens (tertiary/aromatic N) is 3. The molecule has 1 amide bonds. The Labute approximate surface area is 245 Å². The fourth-order valence-corrected chi connectivity index (χ4v) is 6.36. The van der Waals surface area contributed by atoms with Crippen molar-refractivity contribution in [2.24, 2.45) is 0 Å². The van der Waals surface area contributed by atoms with E-state index < -0.39 is 0 Å². The summed E-state index contributed by atoms with van der Waals surface area (Å²) < 4.78 is 11.1. The molecule has 0 N–H and O–H groups in total. The van der Waals surface area contributed by atoms with Gasteiger partial charge in [0, 0.05) is 29.5 Å². The molecule has 3 aliphatic rings. The van der Waals surface area contributed by atoms with Crippen molar-refractivity contribution >= 4 is 40.6 Å². The molecule has 4 aromatic rings. The Hall–Kier alpha value is -3.87. The van der Waals surface area contributed by atoms with E-state index >= 15 is 0 Å². The van der Waals surface area contributed by atoms with E-state index in [2.05, 4.69) is 21.9 Å². The Kier molecular flexibility index (Phi) is 7.11. The maximum absolute atomic E-state index is 14.3. The van der Waals surface area contributed by atoms with E-state index in [1.165, 1.54) is 12.8 Å². The molecule has 2 saturated heterocycles. The van der Waals surface area contributed by atoms with Gasteiger partial charge in [0.2, 0.25) is 6.79 Å². The van der Waals surface area contributed by atoms with Gasteiger partial charge in [-0.2, -0.15) is 0 Å². The minimum atomic E-state index is 0.0862. The van der Waals surface area contributed by atoms with Gasteiger partial charge in [-0.15, -0.1) is 0 Å². The summed E-state index contributed by atoms with van der Waals surface area (Å²) in [6.07, 6.45) is 8.57. The van der Waals surface area contributed by atoms with Gasteiger partial charge in [0.25, 0.3) is 5.91 Å². The van der Waals surface area contributed by atoms with E-state index in [1.54, 1.807) is 0 Å². The molecule has 1 atom stereocenters. The van der Waals surface area contributed by atoms with Crippen LogP contribution in [0.1, 0.15) is 47.3 Å². The number of hydrogen-bond donors (Lipinski definition) is 0. The molecule has 1 aromatic heterocycles. The first-order valence-corrected chi connectivity index (χ1v) is 14.8. The number of halogens is 1. The van der Waals surface area contributed by atoms with Crippen LogP contribution in [0, 0.1) is 0 Å². The van der Waals surface area contributed by atoms with Gasteiger partial charge in [-0.1, -0.05) is 41.9 Å². The monoisotopic (exact) mass is 565 g/mol. The summed E-state index contributed by atoms with van der Waals surface area (Å²) in [6, 6.07) is 22.0. The maximum atomic E-state index is 14.3. The third-order valence-electron chi connectivity index (χ3n) is 8.39. The highest BCUT2D eigenvalue weighted by Crippen LogP contribution is 2.37. The number of carbonyl (C=O) groups excluding carboxylic acids is 1. The van der Waals surface area contributed by atoms with Crippen molar-refractivity contribution < 1.29 is 14.3 Å². The molecular weight excluding hydrogens is 534 g/mol. The molecule has 0 spiro atoms. The second kappa shape index (κ2) is 11.2. The van der Waals surface area contributed by atoms with Gasteiger partial charge >= 0.3 is 0 Å². The first-order chi connectivity index (χ1) is 20.1. The highest BCUT2D eigenvalue weighted by Gasteiger charge is 2.32. The second-order valence-electron chi connectivity index (χ2n) is 11.1. The Morgan fingerprint density at radius 2 is 1.66 bits per heavy atom. The Bertz CT molecular complexity index is 1630. The van der Waals surface area contributed by atoms with Gasteiger partial charge < -0.3 is 19.3 Å². The summed E-state index contributed by atoms with van der Waals surface area (Å²) in [5.74, 6) is 1.58. The summed E-state index contributed by atoms with van der Waals surface area (Å²) in [5, 5.41) is 1.56. The van der Waals surface area contributed by atoms with Gasteiger partial charge in [0.05, 0.1) is 16.8 Å². The van der Waals surface area contributed by atoms with Gasteiger partial charge in [-0.25, -0.2) is 4.98 Å². The van der Waals surface area contributed by atoms with Crippen LogP contribution in [0.4, 0.5) is 0 Å². The minimum absolute atomic E-state index is 0.0862. The highest BCUT2D eigenvalue weighted by molar-refractivity contribution is 6.30. The first kappa shape index (κ1) is 26.1. The van der Waals surface area contributed by atoms with Crippen molar-refractivity contribution in [3.8, 4) is 22.6 Å². The standard InChI is InChI=1S/C34H32ClN3O3/c35-26-10-5-23(6-11-26)7-12-27-20-30(34(39)38-17-3-4-28(38)21-37-15-1-2-16-37)29-18-24(8-13-31(29)36-27)25-9-14-32-33(19-25)41-22-40-32/h5-14,18-20,28H,1-4,15-17,21-22H2/t28-/m0/s1. The molecule has 0 saturated carbocycles. The summed E-state index contributed by atoms with van der Waals surface area (Å²) >= 11 is 6.07. The van der Waals surface area contributed by atoms with Crippen LogP contribution in [-0.2, 0) is 0 Å². The van der Waals surface area contributed by atoms with Crippen LogP contribution >= 0.6 is 11.6 Å². The van der Waals surface area contributed by atoms with E-state index in [1.807, 2.05) is 66.7 Å². The van der Waals surface area contributed by atoms with Crippen LogP contribution in [0.2, 0.25) is 5.02 Å². The van der Waals surface area contributed by atoms with E-state index in [9.17, 15) is 4.79 Å². The number of amides is 1. The number of likely N-dealkylation sites (tertiary alicyclic amines) is 2. The number of benzene rings is 3. The maximum Gasteiger partial charge on any atom is 0.254 e. The van der Waals surface area contributed by atoms with Crippen molar-refractivity contribution in [3.63, 3.8) is 0 Å². The molecule has 7 rings (SSSR count). The smallest absolute Gasteiger partial charge is 0.254 e. The number of hydrogen-bond acceptors (Lipinski definition) is 5. The zero-order valence-corrected chi connectivity index (χ0v) is 23.6.